The Morgan fingerprint density at radius 3 is 2.50 bits per heavy atom. The number of rotatable bonds is 4. The fraction of sp³-hybridized carbons (Fsp3) is 0.381. The quantitative estimate of drug-likeness (QED) is 0.846. The van der Waals surface area contributed by atoms with Gasteiger partial charge in [-0.05, 0) is 55.7 Å². The monoisotopic (exact) mass is 381 g/mol. The fourth-order valence-corrected chi connectivity index (χ4v) is 3.91. The molecular formula is C21H23N3O4. The zero-order chi connectivity index (χ0) is 19.7. The van der Waals surface area contributed by atoms with Gasteiger partial charge in [-0.1, -0.05) is 0 Å². The second-order valence-electron chi connectivity index (χ2n) is 7.69. The number of carbonyl (C=O) groups is 2. The molecule has 1 amide bonds. The minimum atomic E-state index is -0.997. The van der Waals surface area contributed by atoms with E-state index in [0.717, 1.165) is 44.7 Å². The zero-order valence-electron chi connectivity index (χ0n) is 15.8. The lowest BCUT2D eigenvalue weighted by molar-refractivity contribution is -0.000510. The number of nitrogens with one attached hydrogen (secondary N) is 1. The Morgan fingerprint density at radius 1 is 1.18 bits per heavy atom. The van der Waals surface area contributed by atoms with E-state index in [1.54, 1.807) is 18.3 Å². The summed E-state index contributed by atoms with van der Waals surface area (Å²) in [5.74, 6) is -0.549. The molecule has 2 aromatic rings. The summed E-state index contributed by atoms with van der Waals surface area (Å²) in [6.07, 6.45) is 3.88. The van der Waals surface area contributed by atoms with Crippen LogP contribution in [-0.4, -0.2) is 48.3 Å². The van der Waals surface area contributed by atoms with Crippen molar-refractivity contribution in [1.29, 1.82) is 0 Å². The first-order valence-corrected chi connectivity index (χ1v) is 9.40. The van der Waals surface area contributed by atoms with Crippen molar-refractivity contribution in [3.05, 3.63) is 53.2 Å². The van der Waals surface area contributed by atoms with Gasteiger partial charge in [-0.2, -0.15) is 0 Å². The Kier molecular flexibility index (Phi) is 4.77. The van der Waals surface area contributed by atoms with Gasteiger partial charge in [0.1, 0.15) is 5.82 Å². The van der Waals surface area contributed by atoms with Crippen LogP contribution in [0.4, 0.5) is 11.5 Å². The molecule has 2 saturated heterocycles. The number of carboxylic acid groups (broad SMARTS) is 1. The third-order valence-electron chi connectivity index (χ3n) is 5.54. The molecule has 2 aliphatic heterocycles. The molecule has 0 unspecified atom stereocenters. The van der Waals surface area contributed by atoms with Crippen molar-refractivity contribution < 1.29 is 19.4 Å². The highest BCUT2D eigenvalue weighted by molar-refractivity contribution is 6.08. The Balaban J connectivity index is 1.51. The summed E-state index contributed by atoms with van der Waals surface area (Å²) in [6.45, 7) is 5.29. The van der Waals surface area contributed by atoms with Crippen LogP contribution in [0.3, 0.4) is 0 Å². The molecule has 2 N–H and O–H groups in total. The molecule has 0 saturated carbocycles. The second kappa shape index (κ2) is 7.24. The average Bonchev–Trinajstić information content (AvgIpc) is 2.67. The topological polar surface area (TPSA) is 91.8 Å². The Labute approximate surface area is 163 Å². The van der Waals surface area contributed by atoms with Crippen molar-refractivity contribution in [2.75, 3.05) is 36.5 Å². The number of carboxylic acids is 1. The molecule has 1 aromatic carbocycles. The van der Waals surface area contributed by atoms with Crippen LogP contribution in [0.2, 0.25) is 0 Å². The maximum Gasteiger partial charge on any atom is 0.335 e. The van der Waals surface area contributed by atoms with Crippen LogP contribution in [0, 0.1) is 12.3 Å². The lowest BCUT2D eigenvalue weighted by Gasteiger charge is -2.53. The van der Waals surface area contributed by atoms with Crippen molar-refractivity contribution in [2.45, 2.75) is 19.8 Å². The van der Waals surface area contributed by atoms with Gasteiger partial charge in [-0.3, -0.25) is 4.79 Å². The van der Waals surface area contributed by atoms with Crippen molar-refractivity contribution in [3.63, 3.8) is 0 Å². The van der Waals surface area contributed by atoms with Crippen molar-refractivity contribution in [1.82, 2.24) is 4.98 Å². The Morgan fingerprint density at radius 2 is 1.86 bits per heavy atom. The van der Waals surface area contributed by atoms with Crippen molar-refractivity contribution in [2.24, 2.45) is 5.41 Å². The number of amides is 1. The second-order valence-corrected chi connectivity index (χ2v) is 7.69. The van der Waals surface area contributed by atoms with Gasteiger partial charge in [-0.15, -0.1) is 0 Å². The van der Waals surface area contributed by atoms with E-state index in [-0.39, 0.29) is 16.9 Å². The van der Waals surface area contributed by atoms with Crippen molar-refractivity contribution >= 4 is 23.4 Å². The molecule has 2 fully saturated rings. The van der Waals surface area contributed by atoms with Crippen LogP contribution in [0.15, 0.2) is 36.5 Å². The SMILES string of the molecule is Cc1cnc(N2CC3(CCOCC3)C2)c(C(=O)Nc2ccc(C(=O)O)cc2)c1. The highest BCUT2D eigenvalue weighted by Gasteiger charge is 2.45. The number of nitrogens with zero attached hydrogens (tertiary/aromatic N) is 2. The number of pyridine rings is 1. The molecule has 0 radical (unpaired) electrons. The predicted molar refractivity (Wildman–Crippen MR) is 105 cm³/mol. The van der Waals surface area contributed by atoms with E-state index < -0.39 is 5.97 Å². The normalized spacial score (nSPS) is 17.8. The van der Waals surface area contributed by atoms with E-state index in [1.165, 1.54) is 12.1 Å². The highest BCUT2D eigenvalue weighted by atomic mass is 16.5. The lowest BCUT2D eigenvalue weighted by Crippen LogP contribution is -2.59. The summed E-state index contributed by atoms with van der Waals surface area (Å²) in [4.78, 5) is 30.6. The molecule has 0 aliphatic carbocycles. The number of aromatic carboxylic acids is 1. The molecule has 7 nitrogen and oxygen atoms in total. The predicted octanol–water partition coefficient (Wildman–Crippen LogP) is 2.96. The summed E-state index contributed by atoms with van der Waals surface area (Å²) in [6, 6.07) is 7.96. The van der Waals surface area contributed by atoms with E-state index in [4.69, 9.17) is 9.84 Å². The average molecular weight is 381 g/mol. The third-order valence-corrected chi connectivity index (χ3v) is 5.54. The smallest absolute Gasteiger partial charge is 0.335 e. The number of anilines is 2. The van der Waals surface area contributed by atoms with Gasteiger partial charge < -0.3 is 20.1 Å². The Hall–Kier alpha value is -2.93. The van der Waals surface area contributed by atoms with Crippen LogP contribution < -0.4 is 10.2 Å². The van der Waals surface area contributed by atoms with Crippen LogP contribution >= 0.6 is 0 Å². The number of hydrogen-bond acceptors (Lipinski definition) is 5. The van der Waals surface area contributed by atoms with Crippen LogP contribution in [0.5, 0.6) is 0 Å². The summed E-state index contributed by atoms with van der Waals surface area (Å²) in [5.41, 5.74) is 2.46. The first-order valence-electron chi connectivity index (χ1n) is 9.40. The van der Waals surface area contributed by atoms with Crippen LogP contribution in [0.1, 0.15) is 39.1 Å². The molecule has 28 heavy (non-hydrogen) atoms. The minimum absolute atomic E-state index is 0.179. The largest absolute Gasteiger partial charge is 0.478 e. The summed E-state index contributed by atoms with van der Waals surface area (Å²) in [7, 11) is 0. The van der Waals surface area contributed by atoms with Gasteiger partial charge in [0.15, 0.2) is 0 Å². The molecule has 1 aromatic heterocycles. The van der Waals surface area contributed by atoms with Crippen LogP contribution in [0.25, 0.3) is 0 Å². The van der Waals surface area contributed by atoms with E-state index in [2.05, 4.69) is 15.2 Å². The molecule has 7 heteroatoms. The molecule has 0 atom stereocenters. The molecule has 0 bridgehead atoms. The summed E-state index contributed by atoms with van der Waals surface area (Å²) in [5, 5.41) is 11.8. The van der Waals surface area contributed by atoms with Crippen LogP contribution in [-0.2, 0) is 4.74 Å². The summed E-state index contributed by atoms with van der Waals surface area (Å²) < 4.78 is 5.47. The maximum atomic E-state index is 12.9. The maximum absolute atomic E-state index is 12.9. The van der Waals surface area contributed by atoms with Crippen molar-refractivity contribution in [3.8, 4) is 0 Å². The highest BCUT2D eigenvalue weighted by Crippen LogP contribution is 2.42. The number of benzene rings is 1. The number of ether oxygens (including phenoxy) is 1. The number of aromatic nitrogens is 1. The molecule has 2 aliphatic rings. The van der Waals surface area contributed by atoms with E-state index in [1.807, 2.05) is 13.0 Å². The number of carbonyl (C=O) groups excluding carboxylic acids is 1. The first kappa shape index (κ1) is 18.4. The standard InChI is InChI=1S/C21H23N3O4/c1-14-10-17(19(25)23-16-4-2-15(3-5-16)20(26)27)18(22-11-14)24-12-21(13-24)6-8-28-9-7-21/h2-5,10-11H,6-9,12-13H2,1H3,(H,23,25)(H,26,27). The molecular weight excluding hydrogens is 358 g/mol. The number of hydrogen-bond donors (Lipinski definition) is 2. The van der Waals surface area contributed by atoms with Gasteiger partial charge in [0.2, 0.25) is 0 Å². The Bertz CT molecular complexity index is 896. The number of aryl methyl sites for hydroxylation is 1. The van der Waals surface area contributed by atoms with Gasteiger partial charge in [0.05, 0.1) is 11.1 Å². The van der Waals surface area contributed by atoms with E-state index >= 15 is 0 Å². The molecule has 4 rings (SSSR count). The zero-order valence-corrected chi connectivity index (χ0v) is 15.8. The van der Waals surface area contributed by atoms with Gasteiger partial charge >= 0.3 is 5.97 Å². The summed E-state index contributed by atoms with van der Waals surface area (Å²) >= 11 is 0. The van der Waals surface area contributed by atoms with E-state index in [9.17, 15) is 9.59 Å². The fourth-order valence-electron chi connectivity index (χ4n) is 3.91. The lowest BCUT2D eigenvalue weighted by atomic mass is 9.73. The molecule has 1 spiro atoms. The first-order chi connectivity index (χ1) is 13.5. The van der Waals surface area contributed by atoms with Gasteiger partial charge in [0, 0.05) is 43.6 Å². The van der Waals surface area contributed by atoms with Gasteiger partial charge in [0.25, 0.3) is 5.91 Å². The van der Waals surface area contributed by atoms with E-state index in [0.29, 0.717) is 17.1 Å². The third kappa shape index (κ3) is 3.57. The van der Waals surface area contributed by atoms with Gasteiger partial charge in [-0.25, -0.2) is 9.78 Å². The molecule has 3 heterocycles. The molecule has 146 valence electrons. The minimum Gasteiger partial charge on any atom is -0.478 e.